The summed E-state index contributed by atoms with van der Waals surface area (Å²) < 4.78 is 5.43. The lowest BCUT2D eigenvalue weighted by atomic mass is 10.1. The van der Waals surface area contributed by atoms with Gasteiger partial charge in [-0.25, -0.2) is 4.79 Å². The molecule has 1 rings (SSSR count). The molecule has 0 heterocycles. The molecule has 4 heteroatoms. The van der Waals surface area contributed by atoms with E-state index in [1.165, 1.54) is 51.4 Å². The summed E-state index contributed by atoms with van der Waals surface area (Å²) in [7, 11) is 0. The fourth-order valence-corrected chi connectivity index (χ4v) is 2.83. The van der Waals surface area contributed by atoms with Gasteiger partial charge in [0.25, 0.3) is 0 Å². The third-order valence-corrected chi connectivity index (χ3v) is 4.44. The highest BCUT2D eigenvalue weighted by molar-refractivity contribution is 5.89. The van der Waals surface area contributed by atoms with Gasteiger partial charge in [-0.3, -0.25) is 4.90 Å². The minimum Gasteiger partial charge on any atom is -0.461 e. The molecule has 1 aromatic rings. The Hall–Kier alpha value is -1.55. The highest BCUT2D eigenvalue weighted by Crippen LogP contribution is 2.08. The second-order valence-electron chi connectivity index (χ2n) is 6.72. The van der Waals surface area contributed by atoms with Crippen molar-refractivity contribution in [3.05, 3.63) is 29.8 Å². The van der Waals surface area contributed by atoms with Crippen LogP contribution in [0.15, 0.2) is 24.3 Å². The van der Waals surface area contributed by atoms with E-state index in [0.29, 0.717) is 17.9 Å². The monoisotopic (exact) mass is 348 g/mol. The quantitative estimate of drug-likeness (QED) is 0.295. The van der Waals surface area contributed by atoms with Gasteiger partial charge in [0.05, 0.1) is 5.56 Å². The molecule has 0 amide bonds. The summed E-state index contributed by atoms with van der Waals surface area (Å²) in [5, 5.41) is 0. The molecule has 0 radical (unpaired) electrons. The average molecular weight is 349 g/mol. The molecule has 0 bridgehead atoms. The van der Waals surface area contributed by atoms with Gasteiger partial charge in [0.1, 0.15) is 6.61 Å². The van der Waals surface area contributed by atoms with E-state index in [0.717, 1.165) is 19.6 Å². The van der Waals surface area contributed by atoms with Crippen LogP contribution in [0.3, 0.4) is 0 Å². The number of hydrogen-bond acceptors (Lipinski definition) is 4. The number of ether oxygens (including phenoxy) is 1. The summed E-state index contributed by atoms with van der Waals surface area (Å²) in [6, 6.07) is 6.88. The third-order valence-electron chi connectivity index (χ3n) is 4.44. The topological polar surface area (TPSA) is 55.6 Å². The molecule has 0 spiro atoms. The molecule has 0 saturated heterocycles. The van der Waals surface area contributed by atoms with Crippen LogP contribution >= 0.6 is 0 Å². The molecule has 0 aliphatic carbocycles. The van der Waals surface area contributed by atoms with Crippen molar-refractivity contribution >= 4 is 11.7 Å². The Bertz CT molecular complexity index is 447. The Kier molecular flexibility index (Phi) is 11.8. The smallest absolute Gasteiger partial charge is 0.338 e. The summed E-state index contributed by atoms with van der Waals surface area (Å²) in [5.41, 5.74) is 6.86. The van der Waals surface area contributed by atoms with Crippen LogP contribution in [0.1, 0.15) is 75.6 Å². The van der Waals surface area contributed by atoms with E-state index in [-0.39, 0.29) is 5.97 Å². The van der Waals surface area contributed by atoms with Crippen LogP contribution in [0.5, 0.6) is 0 Å². The van der Waals surface area contributed by atoms with Crippen molar-refractivity contribution in [2.24, 2.45) is 0 Å². The number of hydrogen-bond donors (Lipinski definition) is 1. The standard InChI is InChI=1S/C21H36N2O2/c1-3-5-7-9-15-23(16-10-8-6-4-2)17-18-25-21(24)19-11-13-20(22)14-12-19/h11-14H,3-10,15-18,22H2,1-2H3. The second kappa shape index (κ2) is 13.7. The maximum absolute atomic E-state index is 12.1. The van der Waals surface area contributed by atoms with E-state index >= 15 is 0 Å². The van der Waals surface area contributed by atoms with Gasteiger partial charge in [-0.05, 0) is 50.2 Å². The van der Waals surface area contributed by atoms with Crippen molar-refractivity contribution in [2.45, 2.75) is 65.2 Å². The van der Waals surface area contributed by atoms with Crippen LogP contribution in [0.4, 0.5) is 5.69 Å². The summed E-state index contributed by atoms with van der Waals surface area (Å²) in [4.78, 5) is 14.5. The van der Waals surface area contributed by atoms with E-state index in [4.69, 9.17) is 10.5 Å². The zero-order valence-electron chi connectivity index (χ0n) is 16.1. The second-order valence-corrected chi connectivity index (χ2v) is 6.72. The van der Waals surface area contributed by atoms with Crippen LogP contribution in [0.2, 0.25) is 0 Å². The van der Waals surface area contributed by atoms with Gasteiger partial charge in [-0.1, -0.05) is 52.4 Å². The molecule has 1 aromatic carbocycles. The minimum absolute atomic E-state index is 0.267. The SMILES string of the molecule is CCCCCCN(CCCCCC)CCOC(=O)c1ccc(N)cc1. The molecule has 142 valence electrons. The minimum atomic E-state index is -0.267. The molecule has 0 aliphatic heterocycles. The van der Waals surface area contributed by atoms with Crippen LogP contribution in [-0.2, 0) is 4.74 Å². The molecular weight excluding hydrogens is 312 g/mol. The number of unbranched alkanes of at least 4 members (excludes halogenated alkanes) is 6. The molecule has 0 atom stereocenters. The maximum atomic E-state index is 12.1. The zero-order chi connectivity index (χ0) is 18.3. The molecule has 0 aromatic heterocycles. The predicted molar refractivity (Wildman–Crippen MR) is 106 cm³/mol. The maximum Gasteiger partial charge on any atom is 0.338 e. The fourth-order valence-electron chi connectivity index (χ4n) is 2.83. The lowest BCUT2D eigenvalue weighted by molar-refractivity contribution is 0.0460. The number of carbonyl (C=O) groups excluding carboxylic acids is 1. The normalized spacial score (nSPS) is 11.0. The van der Waals surface area contributed by atoms with Gasteiger partial charge in [0.2, 0.25) is 0 Å². The lowest BCUT2D eigenvalue weighted by Crippen LogP contribution is -2.30. The molecule has 0 saturated carbocycles. The summed E-state index contributed by atoms with van der Waals surface area (Å²) in [6.45, 7) is 7.94. The first-order chi connectivity index (χ1) is 12.2. The first kappa shape index (κ1) is 21.5. The number of esters is 1. The van der Waals surface area contributed by atoms with Crippen molar-refractivity contribution in [2.75, 3.05) is 32.0 Å². The Morgan fingerprint density at radius 3 is 1.96 bits per heavy atom. The van der Waals surface area contributed by atoms with Gasteiger partial charge >= 0.3 is 5.97 Å². The van der Waals surface area contributed by atoms with Crippen molar-refractivity contribution in [1.29, 1.82) is 0 Å². The van der Waals surface area contributed by atoms with Gasteiger partial charge in [-0.15, -0.1) is 0 Å². The van der Waals surface area contributed by atoms with Crippen molar-refractivity contribution in [3.8, 4) is 0 Å². The Morgan fingerprint density at radius 1 is 0.880 bits per heavy atom. The van der Waals surface area contributed by atoms with Crippen molar-refractivity contribution < 1.29 is 9.53 Å². The molecule has 0 fully saturated rings. The lowest BCUT2D eigenvalue weighted by Gasteiger charge is -2.22. The fraction of sp³-hybridized carbons (Fsp3) is 0.667. The summed E-state index contributed by atoms with van der Waals surface area (Å²) >= 11 is 0. The van der Waals surface area contributed by atoms with Crippen LogP contribution < -0.4 is 5.73 Å². The van der Waals surface area contributed by atoms with Gasteiger partial charge in [0.15, 0.2) is 0 Å². The predicted octanol–water partition coefficient (Wildman–Crippen LogP) is 4.89. The van der Waals surface area contributed by atoms with E-state index in [2.05, 4.69) is 18.7 Å². The van der Waals surface area contributed by atoms with E-state index in [1.807, 2.05) is 0 Å². The number of nitrogens with two attached hydrogens (primary N) is 1. The molecule has 25 heavy (non-hydrogen) atoms. The third kappa shape index (κ3) is 10.1. The van der Waals surface area contributed by atoms with E-state index in [1.54, 1.807) is 24.3 Å². The van der Waals surface area contributed by atoms with Crippen LogP contribution in [-0.4, -0.2) is 37.1 Å². The van der Waals surface area contributed by atoms with Gasteiger partial charge < -0.3 is 10.5 Å². The number of rotatable bonds is 14. The number of benzene rings is 1. The number of nitrogens with zero attached hydrogens (tertiary/aromatic N) is 1. The van der Waals surface area contributed by atoms with Crippen LogP contribution in [0.25, 0.3) is 0 Å². The van der Waals surface area contributed by atoms with Gasteiger partial charge in [0, 0.05) is 12.2 Å². The van der Waals surface area contributed by atoms with Crippen molar-refractivity contribution in [3.63, 3.8) is 0 Å². The molecule has 4 nitrogen and oxygen atoms in total. The highest BCUT2D eigenvalue weighted by Gasteiger charge is 2.09. The average Bonchev–Trinajstić information content (AvgIpc) is 2.62. The van der Waals surface area contributed by atoms with E-state index in [9.17, 15) is 4.79 Å². The molecular formula is C21H36N2O2. The summed E-state index contributed by atoms with van der Waals surface area (Å²) in [5.74, 6) is -0.267. The zero-order valence-corrected chi connectivity index (χ0v) is 16.1. The molecule has 0 unspecified atom stereocenters. The largest absolute Gasteiger partial charge is 0.461 e. The molecule has 0 aliphatic rings. The highest BCUT2D eigenvalue weighted by atomic mass is 16.5. The first-order valence-corrected chi connectivity index (χ1v) is 9.92. The number of carbonyl (C=O) groups is 1. The molecule has 2 N–H and O–H groups in total. The Balaban J connectivity index is 2.33. The Morgan fingerprint density at radius 2 is 1.44 bits per heavy atom. The summed E-state index contributed by atoms with van der Waals surface area (Å²) in [6.07, 6.45) is 10.2. The van der Waals surface area contributed by atoms with Crippen molar-refractivity contribution in [1.82, 2.24) is 4.90 Å². The number of nitrogen functional groups attached to an aromatic ring is 1. The Labute approximate surface area is 153 Å². The number of anilines is 1. The van der Waals surface area contributed by atoms with Crippen LogP contribution in [0, 0.1) is 0 Å². The van der Waals surface area contributed by atoms with Gasteiger partial charge in [-0.2, -0.15) is 0 Å². The first-order valence-electron chi connectivity index (χ1n) is 9.92. The van der Waals surface area contributed by atoms with E-state index < -0.39 is 0 Å².